The predicted molar refractivity (Wildman–Crippen MR) is 103 cm³/mol. The molecule has 0 unspecified atom stereocenters. The van der Waals surface area contributed by atoms with E-state index in [1.165, 1.54) is 0 Å². The first-order valence-corrected chi connectivity index (χ1v) is 8.19. The minimum absolute atomic E-state index is 0.0205. The molecule has 0 aliphatic rings. The lowest BCUT2D eigenvalue weighted by Crippen LogP contribution is -2.44. The summed E-state index contributed by atoms with van der Waals surface area (Å²) in [6.07, 6.45) is 0. The van der Waals surface area contributed by atoms with Crippen LogP contribution in [0.1, 0.15) is 10.5 Å². The maximum atomic E-state index is 12.1. The van der Waals surface area contributed by atoms with Gasteiger partial charge >= 0.3 is 0 Å². The molecule has 0 radical (unpaired) electrons. The first-order chi connectivity index (χ1) is 11.8. The molecule has 1 amide bonds. The van der Waals surface area contributed by atoms with E-state index in [-0.39, 0.29) is 31.7 Å². The van der Waals surface area contributed by atoms with Gasteiger partial charge in [-0.05, 0) is 36.5 Å². The van der Waals surface area contributed by atoms with Crippen molar-refractivity contribution in [2.24, 2.45) is 0 Å². The Bertz CT molecular complexity index is 817. The fourth-order valence-electron chi connectivity index (χ4n) is 1.69. The number of amides is 1. The van der Waals surface area contributed by atoms with Crippen LogP contribution in [0.4, 0.5) is 11.4 Å². The number of pyridine rings is 1. The Hall–Kier alpha value is -2.00. The molecule has 1 aromatic heterocycles. The number of carbonyl (C=O) groups excluding carboxylic acids is 1. The maximum Gasteiger partial charge on any atom is 0.289 e. The second-order valence-corrected chi connectivity index (χ2v) is 6.08. The van der Waals surface area contributed by atoms with Crippen LogP contribution in [0, 0.1) is 0 Å². The Morgan fingerprint density at radius 1 is 1.16 bits per heavy atom. The molecule has 132 valence electrons. The van der Waals surface area contributed by atoms with Crippen LogP contribution in [0.5, 0.6) is 5.75 Å². The molecule has 0 saturated carbocycles. The van der Waals surface area contributed by atoms with Crippen molar-refractivity contribution < 1.29 is 9.53 Å². The van der Waals surface area contributed by atoms with E-state index in [4.69, 9.17) is 57.5 Å². The Kier molecular flexibility index (Phi) is 6.49. The monoisotopic (exact) mass is 419 g/mol. The fraction of sp³-hybridized carbons (Fsp3) is 0.0714. The van der Waals surface area contributed by atoms with Crippen LogP contribution in [0.25, 0.3) is 0 Å². The first-order valence-electron chi connectivity index (χ1n) is 6.64. The number of nitrogen functional groups attached to an aromatic ring is 1. The molecule has 0 bridgehead atoms. The minimum atomic E-state index is -0.686. The van der Waals surface area contributed by atoms with Gasteiger partial charge in [-0.15, -0.1) is 0 Å². The van der Waals surface area contributed by atoms with Gasteiger partial charge in [0.1, 0.15) is 10.8 Å². The molecule has 5 N–H and O–H groups in total. The van der Waals surface area contributed by atoms with Crippen LogP contribution in [0.3, 0.4) is 0 Å². The van der Waals surface area contributed by atoms with Crippen LogP contribution >= 0.6 is 47.0 Å². The Morgan fingerprint density at radius 2 is 1.80 bits per heavy atom. The molecule has 7 nitrogen and oxygen atoms in total. The van der Waals surface area contributed by atoms with Gasteiger partial charge in [-0.2, -0.15) is 0 Å². The molecule has 11 heteroatoms. The molecular weight excluding hydrogens is 409 g/mol. The summed E-state index contributed by atoms with van der Waals surface area (Å²) in [7, 11) is 1.57. The topological polar surface area (TPSA) is 101 Å². The summed E-state index contributed by atoms with van der Waals surface area (Å²) in [6, 6.07) is 7.02. The number of rotatable bonds is 3. The second-order valence-electron chi connectivity index (χ2n) is 4.55. The number of thiocarbonyl (C=S) groups is 1. The van der Waals surface area contributed by atoms with Gasteiger partial charge in [-0.25, -0.2) is 4.98 Å². The molecule has 1 heterocycles. The van der Waals surface area contributed by atoms with Crippen molar-refractivity contribution in [2.45, 2.75) is 0 Å². The largest absolute Gasteiger partial charge is 0.497 e. The maximum absolute atomic E-state index is 12.1. The molecule has 0 atom stereocenters. The highest BCUT2D eigenvalue weighted by molar-refractivity contribution is 7.80. The quantitative estimate of drug-likeness (QED) is 0.343. The van der Waals surface area contributed by atoms with E-state index in [0.29, 0.717) is 11.4 Å². The van der Waals surface area contributed by atoms with Gasteiger partial charge in [0.2, 0.25) is 0 Å². The summed E-state index contributed by atoms with van der Waals surface area (Å²) in [5, 5.41) is 2.75. The van der Waals surface area contributed by atoms with E-state index >= 15 is 0 Å². The summed E-state index contributed by atoms with van der Waals surface area (Å²) in [6.45, 7) is 0. The molecule has 25 heavy (non-hydrogen) atoms. The third-order valence-electron chi connectivity index (χ3n) is 2.92. The van der Waals surface area contributed by atoms with Crippen LogP contribution in [0.15, 0.2) is 24.3 Å². The normalized spacial score (nSPS) is 10.1. The molecule has 0 saturated heterocycles. The smallest absolute Gasteiger partial charge is 0.289 e. The number of nitrogens with two attached hydrogens (primary N) is 1. The Morgan fingerprint density at radius 3 is 2.40 bits per heavy atom. The fourth-order valence-corrected chi connectivity index (χ4v) is 2.45. The molecule has 0 aliphatic carbocycles. The molecule has 0 spiro atoms. The van der Waals surface area contributed by atoms with Gasteiger partial charge in [-0.1, -0.05) is 34.8 Å². The SMILES string of the molecule is COc1ccc(NC(=S)NNC(=O)c2nc(Cl)c(Cl)c(N)c2Cl)cc1. The molecule has 2 aromatic rings. The first kappa shape index (κ1) is 19.3. The van der Waals surface area contributed by atoms with Crippen LogP contribution in [0.2, 0.25) is 15.2 Å². The summed E-state index contributed by atoms with van der Waals surface area (Å²) < 4.78 is 5.06. The number of anilines is 2. The van der Waals surface area contributed by atoms with Gasteiger partial charge in [0, 0.05) is 5.69 Å². The number of benzene rings is 1. The number of ether oxygens (including phenoxy) is 1. The lowest BCUT2D eigenvalue weighted by molar-refractivity contribution is 0.0939. The molecule has 2 rings (SSSR count). The molecular formula is C14H12Cl3N5O2S. The third kappa shape index (κ3) is 4.76. The zero-order valence-corrected chi connectivity index (χ0v) is 15.8. The summed E-state index contributed by atoms with van der Waals surface area (Å²) in [5.74, 6) is 0.0183. The van der Waals surface area contributed by atoms with E-state index in [2.05, 4.69) is 21.2 Å². The van der Waals surface area contributed by atoms with E-state index < -0.39 is 5.91 Å². The standard InChI is InChI=1S/C14H12Cl3N5O2S/c1-24-7-4-2-6(3-5-7)19-14(25)22-21-13(23)11-8(15)10(18)9(16)12(17)20-11/h2-5H,1H3,(H2,18,20)(H,21,23)(H2,19,22,25). The lowest BCUT2D eigenvalue weighted by atomic mass is 10.3. The highest BCUT2D eigenvalue weighted by Crippen LogP contribution is 2.34. The van der Waals surface area contributed by atoms with Crippen molar-refractivity contribution in [3.05, 3.63) is 45.2 Å². The van der Waals surface area contributed by atoms with E-state index in [1.54, 1.807) is 31.4 Å². The average molecular weight is 421 g/mol. The minimum Gasteiger partial charge on any atom is -0.497 e. The van der Waals surface area contributed by atoms with Gasteiger partial charge in [0.25, 0.3) is 5.91 Å². The van der Waals surface area contributed by atoms with Gasteiger partial charge < -0.3 is 15.8 Å². The van der Waals surface area contributed by atoms with E-state index in [0.717, 1.165) is 0 Å². The van der Waals surface area contributed by atoms with Crippen LogP contribution < -0.4 is 26.6 Å². The highest BCUT2D eigenvalue weighted by Gasteiger charge is 2.19. The van der Waals surface area contributed by atoms with Crippen molar-refractivity contribution in [1.29, 1.82) is 0 Å². The predicted octanol–water partition coefficient (Wildman–Crippen LogP) is 3.26. The van der Waals surface area contributed by atoms with E-state index in [1.807, 2.05) is 0 Å². The van der Waals surface area contributed by atoms with Gasteiger partial charge in [0.05, 0.1) is 17.8 Å². The Balaban J connectivity index is 1.98. The van der Waals surface area contributed by atoms with Crippen molar-refractivity contribution in [3.63, 3.8) is 0 Å². The molecule has 1 aromatic carbocycles. The number of hydrogen-bond acceptors (Lipinski definition) is 5. The average Bonchev–Trinajstić information content (AvgIpc) is 2.61. The van der Waals surface area contributed by atoms with Crippen molar-refractivity contribution in [3.8, 4) is 5.75 Å². The van der Waals surface area contributed by atoms with Crippen molar-refractivity contribution in [2.75, 3.05) is 18.2 Å². The zero-order valence-electron chi connectivity index (χ0n) is 12.7. The summed E-state index contributed by atoms with van der Waals surface area (Å²) in [5.41, 5.74) is 11.0. The molecule has 0 aliphatic heterocycles. The van der Waals surface area contributed by atoms with Gasteiger partial charge in [0.15, 0.2) is 16.0 Å². The highest BCUT2D eigenvalue weighted by atomic mass is 35.5. The van der Waals surface area contributed by atoms with Crippen molar-refractivity contribution >= 4 is 69.4 Å². The summed E-state index contributed by atoms with van der Waals surface area (Å²) >= 11 is 22.6. The second kappa shape index (κ2) is 8.39. The number of hydrogen-bond donors (Lipinski definition) is 4. The third-order valence-corrected chi connectivity index (χ3v) is 4.26. The van der Waals surface area contributed by atoms with E-state index in [9.17, 15) is 4.79 Å². The number of hydrazine groups is 1. The van der Waals surface area contributed by atoms with Crippen molar-refractivity contribution in [1.82, 2.24) is 15.8 Å². The number of nitrogens with zero attached hydrogens (tertiary/aromatic N) is 1. The lowest BCUT2D eigenvalue weighted by Gasteiger charge is -2.13. The Labute approximate surface area is 163 Å². The number of methoxy groups -OCH3 is 1. The zero-order chi connectivity index (χ0) is 18.6. The summed E-state index contributed by atoms with van der Waals surface area (Å²) in [4.78, 5) is 15.9. The van der Waals surface area contributed by atoms with Crippen LogP contribution in [-0.4, -0.2) is 23.1 Å². The number of nitrogens with one attached hydrogen (secondary N) is 3. The van der Waals surface area contributed by atoms with Gasteiger partial charge in [-0.3, -0.25) is 15.6 Å². The molecule has 0 fully saturated rings. The number of halogens is 3. The number of aromatic nitrogens is 1. The van der Waals surface area contributed by atoms with Crippen LogP contribution in [-0.2, 0) is 0 Å². The number of carbonyl (C=O) groups is 1.